The van der Waals surface area contributed by atoms with Gasteiger partial charge in [-0.2, -0.15) is 0 Å². The molecule has 0 aliphatic rings. The van der Waals surface area contributed by atoms with Crippen LogP contribution in [0.1, 0.15) is 0 Å². The molecular weight excluding hydrogens is 799 g/mol. The van der Waals surface area contributed by atoms with E-state index in [1.807, 2.05) is 12.1 Å². The lowest BCUT2D eigenvalue weighted by atomic mass is 9.94. The summed E-state index contributed by atoms with van der Waals surface area (Å²) in [5.74, 6) is 0. The molecular formula is C64H41NO. The molecule has 0 atom stereocenters. The van der Waals surface area contributed by atoms with Gasteiger partial charge in [-0.3, -0.25) is 0 Å². The van der Waals surface area contributed by atoms with Crippen molar-refractivity contribution in [3.63, 3.8) is 0 Å². The van der Waals surface area contributed by atoms with E-state index in [0.717, 1.165) is 66.8 Å². The fourth-order valence-electron chi connectivity index (χ4n) is 10.2. The minimum atomic E-state index is 0.894. The normalized spacial score (nSPS) is 11.6. The van der Waals surface area contributed by atoms with Gasteiger partial charge in [0.15, 0.2) is 0 Å². The highest BCUT2D eigenvalue weighted by molar-refractivity contribution is 6.13. The third-order valence-corrected chi connectivity index (χ3v) is 13.5. The average Bonchev–Trinajstić information content (AvgIpc) is 3.78. The molecule has 0 spiro atoms. The molecule has 308 valence electrons. The van der Waals surface area contributed by atoms with Gasteiger partial charge in [-0.15, -0.1) is 0 Å². The van der Waals surface area contributed by atoms with Crippen LogP contribution in [-0.4, -0.2) is 0 Å². The number of nitrogens with zero attached hydrogens (tertiary/aromatic N) is 1. The first-order valence-corrected chi connectivity index (χ1v) is 22.7. The summed E-state index contributed by atoms with van der Waals surface area (Å²) >= 11 is 0. The van der Waals surface area contributed by atoms with Crippen LogP contribution in [0.3, 0.4) is 0 Å². The largest absolute Gasteiger partial charge is 0.456 e. The fourth-order valence-corrected chi connectivity index (χ4v) is 10.2. The maximum Gasteiger partial charge on any atom is 0.136 e. The minimum Gasteiger partial charge on any atom is -0.456 e. The molecule has 1 heterocycles. The summed E-state index contributed by atoms with van der Waals surface area (Å²) in [5, 5.41) is 12.3. The molecule has 2 heteroatoms. The Kier molecular flexibility index (Phi) is 8.89. The third kappa shape index (κ3) is 6.34. The molecule has 0 fully saturated rings. The van der Waals surface area contributed by atoms with E-state index in [-0.39, 0.29) is 0 Å². The van der Waals surface area contributed by atoms with E-state index < -0.39 is 0 Å². The van der Waals surface area contributed by atoms with Crippen molar-refractivity contribution < 1.29 is 4.42 Å². The minimum absolute atomic E-state index is 0.894. The maximum absolute atomic E-state index is 6.31. The zero-order chi connectivity index (χ0) is 43.6. The van der Waals surface area contributed by atoms with Crippen LogP contribution in [0.2, 0.25) is 0 Å². The standard InChI is InChI=1S/C64H41NO/c1-3-14-52-43(12-1)30-32-49-40-48(36-39-54(49)52)42-24-26-45(27-25-42)55-16-5-8-20-60(55)65(51-37-34-46(35-38-51)57-19-11-23-63-64(57)58-18-7-10-22-62(58)66-63)61-21-9-6-17-56(61)50-33-31-47-29-28-44-13-2-4-15-53(44)59(47)41-50/h1-41H. The summed E-state index contributed by atoms with van der Waals surface area (Å²) in [6.07, 6.45) is 0. The Morgan fingerprint density at radius 3 is 1.47 bits per heavy atom. The van der Waals surface area contributed by atoms with E-state index in [9.17, 15) is 0 Å². The quantitative estimate of drug-likeness (QED) is 0.149. The summed E-state index contributed by atoms with van der Waals surface area (Å²) in [4.78, 5) is 2.44. The first-order chi connectivity index (χ1) is 32.7. The number of hydrogen-bond acceptors (Lipinski definition) is 2. The molecule has 0 N–H and O–H groups in total. The van der Waals surface area contributed by atoms with Crippen LogP contribution in [0.25, 0.3) is 110 Å². The van der Waals surface area contributed by atoms with Gasteiger partial charge >= 0.3 is 0 Å². The molecule has 0 radical (unpaired) electrons. The SMILES string of the molecule is c1ccc(N(c2ccc(-c3cccc4oc5ccccc5c34)cc2)c2ccccc2-c2ccc3ccc4ccccc4c3c2)c(-c2ccc(-c3ccc4c(ccc5ccccc54)c3)cc2)c1. The lowest BCUT2D eigenvalue weighted by Gasteiger charge is -2.30. The molecule has 0 bridgehead atoms. The van der Waals surface area contributed by atoms with E-state index in [4.69, 9.17) is 4.42 Å². The highest BCUT2D eigenvalue weighted by atomic mass is 16.3. The van der Waals surface area contributed by atoms with E-state index in [2.05, 4.69) is 241 Å². The molecule has 1 aromatic heterocycles. The fraction of sp³-hybridized carbons (Fsp3) is 0. The lowest BCUT2D eigenvalue weighted by Crippen LogP contribution is -2.12. The van der Waals surface area contributed by atoms with Crippen LogP contribution < -0.4 is 4.90 Å². The highest BCUT2D eigenvalue weighted by Crippen LogP contribution is 2.46. The Balaban J connectivity index is 0.952. The number of fused-ring (bicyclic) bond motifs is 9. The predicted molar refractivity (Wildman–Crippen MR) is 280 cm³/mol. The van der Waals surface area contributed by atoms with E-state index >= 15 is 0 Å². The number of benzene rings is 12. The Labute approximate surface area is 382 Å². The summed E-state index contributed by atoms with van der Waals surface area (Å²) in [6, 6.07) is 90.4. The number of hydrogen-bond donors (Lipinski definition) is 0. The summed E-state index contributed by atoms with van der Waals surface area (Å²) in [6.45, 7) is 0. The monoisotopic (exact) mass is 839 g/mol. The topological polar surface area (TPSA) is 16.4 Å². The molecule has 13 aromatic rings. The van der Waals surface area contributed by atoms with Crippen LogP contribution in [0.4, 0.5) is 17.1 Å². The zero-order valence-electron chi connectivity index (χ0n) is 36.0. The van der Waals surface area contributed by atoms with Crippen LogP contribution >= 0.6 is 0 Å². The molecule has 0 saturated heterocycles. The summed E-state index contributed by atoms with van der Waals surface area (Å²) in [7, 11) is 0. The molecule has 0 aliphatic heterocycles. The first kappa shape index (κ1) is 37.8. The van der Waals surface area contributed by atoms with Gasteiger partial charge in [0.05, 0.1) is 11.4 Å². The van der Waals surface area contributed by atoms with E-state index in [0.29, 0.717) is 0 Å². The van der Waals surface area contributed by atoms with Gasteiger partial charge in [-0.1, -0.05) is 200 Å². The van der Waals surface area contributed by atoms with E-state index in [1.165, 1.54) is 59.8 Å². The second-order valence-electron chi connectivity index (χ2n) is 17.2. The van der Waals surface area contributed by atoms with Crippen LogP contribution in [0.5, 0.6) is 0 Å². The zero-order valence-corrected chi connectivity index (χ0v) is 36.0. The van der Waals surface area contributed by atoms with Crippen LogP contribution in [0.15, 0.2) is 253 Å². The number of furan rings is 1. The second kappa shape index (κ2) is 15.5. The molecule has 0 saturated carbocycles. The van der Waals surface area contributed by atoms with Crippen molar-refractivity contribution in [2.24, 2.45) is 0 Å². The Bertz CT molecular complexity index is 3990. The molecule has 0 amide bonds. The van der Waals surface area contributed by atoms with Crippen molar-refractivity contribution in [3.8, 4) is 44.5 Å². The van der Waals surface area contributed by atoms with E-state index in [1.54, 1.807) is 0 Å². The van der Waals surface area contributed by atoms with Crippen LogP contribution in [-0.2, 0) is 0 Å². The average molecular weight is 840 g/mol. The number of rotatable bonds is 7. The summed E-state index contributed by atoms with van der Waals surface area (Å²) in [5.41, 5.74) is 14.3. The first-order valence-electron chi connectivity index (χ1n) is 22.7. The predicted octanol–water partition coefficient (Wildman–Crippen LogP) is 18.3. The van der Waals surface area contributed by atoms with Crippen molar-refractivity contribution in [3.05, 3.63) is 249 Å². The van der Waals surface area contributed by atoms with Crippen molar-refractivity contribution in [2.45, 2.75) is 0 Å². The molecule has 0 unspecified atom stereocenters. The molecule has 66 heavy (non-hydrogen) atoms. The number of anilines is 3. The second-order valence-corrected chi connectivity index (χ2v) is 17.2. The number of para-hydroxylation sites is 3. The smallest absolute Gasteiger partial charge is 0.136 e. The highest BCUT2D eigenvalue weighted by Gasteiger charge is 2.22. The Hall–Kier alpha value is -8.72. The van der Waals surface area contributed by atoms with Crippen molar-refractivity contribution in [1.82, 2.24) is 0 Å². The Morgan fingerprint density at radius 2 is 0.727 bits per heavy atom. The van der Waals surface area contributed by atoms with Gasteiger partial charge in [-0.05, 0) is 125 Å². The van der Waals surface area contributed by atoms with Crippen molar-refractivity contribution in [2.75, 3.05) is 4.90 Å². The molecule has 12 aromatic carbocycles. The molecule has 13 rings (SSSR count). The summed E-state index contributed by atoms with van der Waals surface area (Å²) < 4.78 is 6.31. The van der Waals surface area contributed by atoms with Gasteiger partial charge in [0.1, 0.15) is 11.2 Å². The third-order valence-electron chi connectivity index (χ3n) is 13.5. The maximum atomic E-state index is 6.31. The van der Waals surface area contributed by atoms with Crippen molar-refractivity contribution in [1.29, 1.82) is 0 Å². The van der Waals surface area contributed by atoms with Gasteiger partial charge in [-0.25, -0.2) is 0 Å². The molecule has 0 aliphatic carbocycles. The van der Waals surface area contributed by atoms with Gasteiger partial charge in [0.2, 0.25) is 0 Å². The van der Waals surface area contributed by atoms with Crippen molar-refractivity contribution >= 4 is 82.1 Å². The van der Waals surface area contributed by atoms with Gasteiger partial charge in [0, 0.05) is 27.6 Å². The lowest BCUT2D eigenvalue weighted by molar-refractivity contribution is 0.669. The molecule has 2 nitrogen and oxygen atoms in total. The van der Waals surface area contributed by atoms with Gasteiger partial charge in [0.25, 0.3) is 0 Å². The van der Waals surface area contributed by atoms with Crippen LogP contribution in [0, 0.1) is 0 Å². The Morgan fingerprint density at radius 1 is 0.258 bits per heavy atom. The van der Waals surface area contributed by atoms with Gasteiger partial charge < -0.3 is 9.32 Å².